The molecule has 4 aromatic rings. The van der Waals surface area contributed by atoms with Gasteiger partial charge in [0.15, 0.2) is 5.43 Å². The molecule has 0 spiro atoms. The van der Waals surface area contributed by atoms with E-state index >= 15 is 0 Å². The molecule has 0 fully saturated rings. The second-order valence-corrected chi connectivity index (χ2v) is 7.14. The molecule has 7 heteroatoms. The summed E-state index contributed by atoms with van der Waals surface area (Å²) in [6, 6.07) is 11.7. The van der Waals surface area contributed by atoms with Crippen LogP contribution in [0.3, 0.4) is 0 Å². The van der Waals surface area contributed by atoms with E-state index in [0.717, 1.165) is 17.7 Å². The van der Waals surface area contributed by atoms with Crippen molar-refractivity contribution < 1.29 is 18.0 Å². The molecule has 0 saturated heterocycles. The first-order valence-corrected chi connectivity index (χ1v) is 9.22. The summed E-state index contributed by atoms with van der Waals surface area (Å²) in [7, 11) is 0. The monoisotopic (exact) mass is 404 g/mol. The zero-order valence-corrected chi connectivity index (χ0v) is 15.7. The number of amides is 1. The molecule has 1 amide bonds. The Bertz CT molecular complexity index is 1380. The van der Waals surface area contributed by atoms with Gasteiger partial charge in [0.1, 0.15) is 23.0 Å². The summed E-state index contributed by atoms with van der Waals surface area (Å²) in [5.41, 5.74) is 1.06. The van der Waals surface area contributed by atoms with Crippen molar-refractivity contribution in [2.45, 2.75) is 13.0 Å². The Labute approximate surface area is 169 Å². The highest BCUT2D eigenvalue weighted by molar-refractivity contribution is 6.10. The number of aromatic nitrogens is 1. The molecular formula is C23H14F2N2O3. The van der Waals surface area contributed by atoms with Gasteiger partial charge in [-0.2, -0.15) is 0 Å². The van der Waals surface area contributed by atoms with Gasteiger partial charge < -0.3 is 4.42 Å². The highest BCUT2D eigenvalue weighted by Gasteiger charge is 2.44. The second kappa shape index (κ2) is 6.59. The maximum Gasteiger partial charge on any atom is 0.296 e. The van der Waals surface area contributed by atoms with Gasteiger partial charge in [-0.15, -0.1) is 0 Å². The fourth-order valence-electron chi connectivity index (χ4n) is 3.79. The van der Waals surface area contributed by atoms with Gasteiger partial charge in [-0.05, 0) is 60.5 Å². The largest absolute Gasteiger partial charge is 0.450 e. The molecule has 5 nitrogen and oxygen atoms in total. The van der Waals surface area contributed by atoms with Crippen molar-refractivity contribution >= 4 is 22.7 Å². The minimum atomic E-state index is -0.883. The zero-order chi connectivity index (χ0) is 21.0. The Balaban J connectivity index is 1.83. The van der Waals surface area contributed by atoms with Crippen LogP contribution in [0.2, 0.25) is 0 Å². The number of fused-ring (bicyclic) bond motifs is 2. The van der Waals surface area contributed by atoms with Gasteiger partial charge >= 0.3 is 0 Å². The molecule has 30 heavy (non-hydrogen) atoms. The van der Waals surface area contributed by atoms with E-state index in [2.05, 4.69) is 4.98 Å². The van der Waals surface area contributed by atoms with E-state index in [9.17, 15) is 18.4 Å². The summed E-state index contributed by atoms with van der Waals surface area (Å²) in [5, 5.41) is 0.0349. The van der Waals surface area contributed by atoms with E-state index in [0.29, 0.717) is 11.4 Å². The first-order chi connectivity index (χ1) is 14.4. The number of halogens is 2. The summed E-state index contributed by atoms with van der Waals surface area (Å²) in [4.78, 5) is 32.3. The molecule has 0 saturated carbocycles. The highest BCUT2D eigenvalue weighted by Crippen LogP contribution is 2.40. The van der Waals surface area contributed by atoms with Gasteiger partial charge in [-0.3, -0.25) is 14.5 Å². The SMILES string of the molecule is Cc1ccnc(N2C(=O)c3oc4ccc(F)cc4c(=O)c3[C@@H]2c2ccc(F)cc2)c1. The maximum absolute atomic E-state index is 13.8. The fraction of sp³-hybridized carbons (Fsp3) is 0.0870. The number of anilines is 1. The molecule has 5 rings (SSSR count). The van der Waals surface area contributed by atoms with Gasteiger partial charge in [-0.1, -0.05) is 12.1 Å². The molecule has 0 N–H and O–H groups in total. The van der Waals surface area contributed by atoms with Crippen LogP contribution in [-0.4, -0.2) is 10.9 Å². The molecule has 0 bridgehead atoms. The molecular weight excluding hydrogens is 390 g/mol. The van der Waals surface area contributed by atoms with Crippen molar-refractivity contribution in [3.8, 4) is 0 Å². The lowest BCUT2D eigenvalue weighted by Crippen LogP contribution is -2.30. The fourth-order valence-corrected chi connectivity index (χ4v) is 3.79. The molecule has 1 aliphatic rings. The lowest BCUT2D eigenvalue weighted by atomic mass is 9.98. The molecule has 3 heterocycles. The van der Waals surface area contributed by atoms with E-state index < -0.39 is 29.0 Å². The van der Waals surface area contributed by atoms with Crippen LogP contribution in [0, 0.1) is 18.6 Å². The predicted octanol–water partition coefficient (Wildman–Crippen LogP) is 4.52. The van der Waals surface area contributed by atoms with E-state index in [4.69, 9.17) is 4.42 Å². The Morgan fingerprint density at radius 3 is 2.43 bits per heavy atom. The van der Waals surface area contributed by atoms with Crippen LogP contribution >= 0.6 is 0 Å². The number of rotatable bonds is 2. The number of benzene rings is 2. The number of carbonyl (C=O) groups is 1. The van der Waals surface area contributed by atoms with Crippen LogP contribution in [0.4, 0.5) is 14.6 Å². The normalized spacial score (nSPS) is 15.6. The third-order valence-electron chi connectivity index (χ3n) is 5.17. The van der Waals surface area contributed by atoms with Crippen LogP contribution in [0.5, 0.6) is 0 Å². The van der Waals surface area contributed by atoms with Crippen molar-refractivity contribution in [3.63, 3.8) is 0 Å². The van der Waals surface area contributed by atoms with E-state index in [1.807, 2.05) is 6.92 Å². The number of aryl methyl sites for hydroxylation is 1. The third-order valence-corrected chi connectivity index (χ3v) is 5.17. The summed E-state index contributed by atoms with van der Waals surface area (Å²) < 4.78 is 33.1. The van der Waals surface area contributed by atoms with Crippen molar-refractivity contribution in [1.29, 1.82) is 0 Å². The van der Waals surface area contributed by atoms with E-state index in [-0.39, 0.29) is 22.3 Å². The molecule has 0 radical (unpaired) electrons. The van der Waals surface area contributed by atoms with Gasteiger partial charge in [0, 0.05) is 6.20 Å². The van der Waals surface area contributed by atoms with Crippen molar-refractivity contribution in [2.24, 2.45) is 0 Å². The lowest BCUT2D eigenvalue weighted by Gasteiger charge is -2.24. The molecule has 1 aliphatic heterocycles. The first kappa shape index (κ1) is 18.2. The van der Waals surface area contributed by atoms with Gasteiger partial charge in [0.25, 0.3) is 5.91 Å². The molecule has 2 aromatic carbocycles. The van der Waals surface area contributed by atoms with Crippen molar-refractivity contribution in [3.05, 3.63) is 105 Å². The van der Waals surface area contributed by atoms with Gasteiger partial charge in [-0.25, -0.2) is 13.8 Å². The minimum absolute atomic E-state index is 0.0349. The minimum Gasteiger partial charge on any atom is -0.450 e. The Morgan fingerprint density at radius 2 is 1.70 bits per heavy atom. The average Bonchev–Trinajstić information content (AvgIpc) is 3.02. The Morgan fingerprint density at radius 1 is 0.967 bits per heavy atom. The average molecular weight is 404 g/mol. The smallest absolute Gasteiger partial charge is 0.296 e. The number of pyridine rings is 1. The van der Waals surface area contributed by atoms with Crippen molar-refractivity contribution in [2.75, 3.05) is 4.90 Å². The number of hydrogen-bond acceptors (Lipinski definition) is 4. The second-order valence-electron chi connectivity index (χ2n) is 7.14. The zero-order valence-electron chi connectivity index (χ0n) is 15.7. The molecule has 2 aromatic heterocycles. The topological polar surface area (TPSA) is 63.4 Å². The Kier molecular flexibility index (Phi) is 3.99. The summed E-state index contributed by atoms with van der Waals surface area (Å²) in [5.74, 6) is -1.38. The standard InChI is InChI=1S/C23H14F2N2O3/c1-12-8-9-26-18(10-12)27-20(13-2-4-14(24)5-3-13)19-21(28)16-11-15(25)6-7-17(16)30-22(19)23(27)29/h2-11,20H,1H3/t20-/m0/s1. The number of hydrogen-bond donors (Lipinski definition) is 0. The Hall–Kier alpha value is -3.87. The van der Waals surface area contributed by atoms with E-state index in [1.165, 1.54) is 35.2 Å². The summed E-state index contributed by atoms with van der Waals surface area (Å²) in [6.07, 6.45) is 1.56. The molecule has 148 valence electrons. The molecule has 0 unspecified atom stereocenters. The van der Waals surface area contributed by atoms with Crippen LogP contribution in [0.1, 0.15) is 33.3 Å². The van der Waals surface area contributed by atoms with Gasteiger partial charge in [0.05, 0.1) is 17.0 Å². The predicted molar refractivity (Wildman–Crippen MR) is 106 cm³/mol. The van der Waals surface area contributed by atoms with E-state index in [1.54, 1.807) is 18.3 Å². The first-order valence-electron chi connectivity index (χ1n) is 9.22. The quantitative estimate of drug-likeness (QED) is 0.493. The van der Waals surface area contributed by atoms with Crippen LogP contribution < -0.4 is 10.3 Å². The van der Waals surface area contributed by atoms with Crippen LogP contribution in [0.25, 0.3) is 11.0 Å². The number of nitrogens with zero attached hydrogens (tertiary/aromatic N) is 2. The summed E-state index contributed by atoms with van der Waals surface area (Å²) in [6.45, 7) is 1.85. The summed E-state index contributed by atoms with van der Waals surface area (Å²) >= 11 is 0. The lowest BCUT2D eigenvalue weighted by molar-refractivity contribution is 0.0970. The van der Waals surface area contributed by atoms with Crippen LogP contribution in [-0.2, 0) is 0 Å². The maximum atomic E-state index is 13.8. The highest BCUT2D eigenvalue weighted by atomic mass is 19.1. The molecule has 1 atom stereocenters. The van der Waals surface area contributed by atoms with Crippen LogP contribution in [0.15, 0.2) is 70.0 Å². The third kappa shape index (κ3) is 2.70. The molecule has 0 aliphatic carbocycles. The van der Waals surface area contributed by atoms with Crippen molar-refractivity contribution in [1.82, 2.24) is 4.98 Å². The van der Waals surface area contributed by atoms with Gasteiger partial charge in [0.2, 0.25) is 5.76 Å². The number of carbonyl (C=O) groups excluding carboxylic acids is 1.